The summed E-state index contributed by atoms with van der Waals surface area (Å²) in [4.78, 5) is 32.3. The Hall–Kier alpha value is -3.33. The lowest BCUT2D eigenvalue weighted by Gasteiger charge is -2.26. The predicted octanol–water partition coefficient (Wildman–Crippen LogP) is 3.17. The molecule has 8 nitrogen and oxygen atoms in total. The molecule has 0 saturated carbocycles. The molecule has 2 aromatic heterocycles. The van der Waals surface area contributed by atoms with Crippen LogP contribution in [0.4, 0.5) is 5.69 Å². The maximum absolute atomic E-state index is 12.9. The third-order valence-electron chi connectivity index (χ3n) is 5.54. The quantitative estimate of drug-likeness (QED) is 0.623. The van der Waals surface area contributed by atoms with Crippen LogP contribution in [0, 0.1) is 0 Å². The molecule has 1 fully saturated rings. The van der Waals surface area contributed by atoms with Gasteiger partial charge in [-0.3, -0.25) is 4.79 Å². The average Bonchev–Trinajstić information content (AvgIpc) is 3.42. The number of anilines is 1. The van der Waals surface area contributed by atoms with E-state index in [9.17, 15) is 9.59 Å². The van der Waals surface area contributed by atoms with E-state index in [1.807, 2.05) is 18.2 Å². The van der Waals surface area contributed by atoms with Crippen molar-refractivity contribution in [3.8, 4) is 11.5 Å². The van der Waals surface area contributed by atoms with Gasteiger partial charge in [-0.1, -0.05) is 6.07 Å². The first-order chi connectivity index (χ1) is 15.1. The lowest BCUT2D eigenvalue weighted by molar-refractivity contribution is -0.135. The minimum atomic E-state index is -0.607. The van der Waals surface area contributed by atoms with E-state index in [0.717, 1.165) is 24.2 Å². The monoisotopic (exact) mass is 439 g/mol. The fourth-order valence-corrected chi connectivity index (χ4v) is 5.01. The van der Waals surface area contributed by atoms with E-state index in [4.69, 9.17) is 19.9 Å². The maximum Gasteiger partial charge on any atom is 0.351 e. The van der Waals surface area contributed by atoms with Crippen LogP contribution in [0.25, 0.3) is 10.2 Å². The Bertz CT molecular complexity index is 1160. The molecule has 3 aromatic rings. The SMILES string of the molecule is Nc1c(C(=O)OCC(=O)N2CCCC2c2ccc3c(c2)OCCO3)sc2ncccc12. The number of ether oxygens (including phenoxy) is 3. The van der Waals surface area contributed by atoms with Crippen LogP contribution in [-0.2, 0) is 9.53 Å². The zero-order valence-electron chi connectivity index (χ0n) is 16.7. The number of rotatable bonds is 4. The predicted molar refractivity (Wildman–Crippen MR) is 115 cm³/mol. The van der Waals surface area contributed by atoms with Gasteiger partial charge in [-0.05, 0) is 42.7 Å². The van der Waals surface area contributed by atoms with Crippen LogP contribution in [0.1, 0.15) is 34.1 Å². The van der Waals surface area contributed by atoms with Gasteiger partial charge >= 0.3 is 5.97 Å². The van der Waals surface area contributed by atoms with Crippen molar-refractivity contribution in [1.82, 2.24) is 9.88 Å². The summed E-state index contributed by atoms with van der Waals surface area (Å²) in [5.74, 6) is 0.575. The Labute approximate surface area is 182 Å². The number of aromatic nitrogens is 1. The molecule has 0 bridgehead atoms. The van der Waals surface area contributed by atoms with Crippen LogP contribution in [0.15, 0.2) is 36.5 Å². The van der Waals surface area contributed by atoms with Crippen molar-refractivity contribution in [2.24, 2.45) is 0 Å². The van der Waals surface area contributed by atoms with Gasteiger partial charge < -0.3 is 24.8 Å². The summed E-state index contributed by atoms with van der Waals surface area (Å²) in [5.41, 5.74) is 7.40. The molecule has 5 rings (SSSR count). The Morgan fingerprint density at radius 3 is 2.90 bits per heavy atom. The normalized spacial score (nSPS) is 17.7. The largest absolute Gasteiger partial charge is 0.486 e. The molecule has 2 aliphatic heterocycles. The molecule has 2 N–H and O–H groups in total. The summed E-state index contributed by atoms with van der Waals surface area (Å²) in [6.07, 6.45) is 3.37. The van der Waals surface area contributed by atoms with Crippen molar-refractivity contribution in [2.75, 3.05) is 32.1 Å². The van der Waals surface area contributed by atoms with Crippen LogP contribution in [0.2, 0.25) is 0 Å². The van der Waals surface area contributed by atoms with Crippen molar-refractivity contribution in [2.45, 2.75) is 18.9 Å². The van der Waals surface area contributed by atoms with E-state index in [-0.39, 0.29) is 23.4 Å². The molecular formula is C22H21N3O5S. The lowest BCUT2D eigenvalue weighted by atomic mass is 10.0. The highest BCUT2D eigenvalue weighted by Crippen LogP contribution is 2.38. The number of carbonyl (C=O) groups excluding carboxylic acids is 2. The van der Waals surface area contributed by atoms with Gasteiger partial charge in [-0.15, -0.1) is 11.3 Å². The number of hydrogen-bond acceptors (Lipinski definition) is 8. The first-order valence-electron chi connectivity index (χ1n) is 10.1. The Morgan fingerprint density at radius 2 is 2.06 bits per heavy atom. The fourth-order valence-electron chi connectivity index (χ4n) is 4.06. The highest BCUT2D eigenvalue weighted by atomic mass is 32.1. The molecule has 1 amide bonds. The van der Waals surface area contributed by atoms with Gasteiger partial charge in [0.05, 0.1) is 11.7 Å². The van der Waals surface area contributed by atoms with Gasteiger partial charge in [0, 0.05) is 18.1 Å². The van der Waals surface area contributed by atoms with Crippen LogP contribution in [-0.4, -0.2) is 48.1 Å². The molecule has 1 unspecified atom stereocenters. The summed E-state index contributed by atoms with van der Waals surface area (Å²) in [6.45, 7) is 1.33. The van der Waals surface area contributed by atoms with Crippen LogP contribution in [0.3, 0.4) is 0 Å². The number of benzene rings is 1. The Kier molecular flexibility index (Phi) is 5.11. The van der Waals surface area contributed by atoms with Gasteiger partial charge in [-0.25, -0.2) is 9.78 Å². The molecular weight excluding hydrogens is 418 g/mol. The van der Waals surface area contributed by atoms with Gasteiger partial charge in [0.25, 0.3) is 5.91 Å². The number of likely N-dealkylation sites (tertiary alicyclic amines) is 1. The summed E-state index contributed by atoms with van der Waals surface area (Å²) < 4.78 is 16.6. The number of amides is 1. The summed E-state index contributed by atoms with van der Waals surface area (Å²) in [6, 6.07) is 9.25. The van der Waals surface area contributed by atoms with Gasteiger partial charge in [0.15, 0.2) is 18.1 Å². The molecule has 1 saturated heterocycles. The Balaban J connectivity index is 1.27. The minimum absolute atomic E-state index is 0.0828. The third-order valence-corrected chi connectivity index (χ3v) is 6.65. The van der Waals surface area contributed by atoms with Gasteiger partial charge in [-0.2, -0.15) is 0 Å². The van der Waals surface area contributed by atoms with Crippen molar-refractivity contribution >= 4 is 39.1 Å². The molecule has 0 spiro atoms. The standard InChI is InChI=1S/C22H21N3O5S/c23-19-14-3-1-7-24-21(14)31-20(19)22(27)30-12-18(26)25-8-2-4-15(25)13-5-6-16-17(11-13)29-10-9-28-16/h1,3,5-7,11,15H,2,4,8-10,12,23H2. The summed E-state index contributed by atoms with van der Waals surface area (Å²) >= 11 is 1.17. The average molecular weight is 439 g/mol. The van der Waals surface area contributed by atoms with Crippen LogP contribution < -0.4 is 15.2 Å². The summed E-state index contributed by atoms with van der Waals surface area (Å²) in [7, 11) is 0. The van der Waals surface area contributed by atoms with E-state index < -0.39 is 5.97 Å². The van der Waals surface area contributed by atoms with E-state index in [1.54, 1.807) is 23.2 Å². The molecule has 160 valence electrons. The second-order valence-corrected chi connectivity index (χ2v) is 8.42. The summed E-state index contributed by atoms with van der Waals surface area (Å²) in [5, 5.41) is 0.712. The number of nitrogens with two attached hydrogens (primary N) is 1. The molecule has 1 aromatic carbocycles. The highest BCUT2D eigenvalue weighted by Gasteiger charge is 2.31. The maximum atomic E-state index is 12.9. The third kappa shape index (κ3) is 3.65. The zero-order valence-corrected chi connectivity index (χ0v) is 17.5. The number of nitrogen functional groups attached to an aromatic ring is 1. The molecule has 4 heterocycles. The number of carbonyl (C=O) groups is 2. The molecule has 1 atom stereocenters. The van der Waals surface area contributed by atoms with Crippen molar-refractivity contribution in [3.63, 3.8) is 0 Å². The molecule has 0 aliphatic carbocycles. The van der Waals surface area contributed by atoms with Crippen molar-refractivity contribution in [3.05, 3.63) is 47.0 Å². The number of thiophene rings is 1. The smallest absolute Gasteiger partial charge is 0.351 e. The first kappa shape index (κ1) is 19.6. The minimum Gasteiger partial charge on any atom is -0.486 e. The Morgan fingerprint density at radius 1 is 1.23 bits per heavy atom. The highest BCUT2D eigenvalue weighted by molar-refractivity contribution is 7.21. The topological polar surface area (TPSA) is 104 Å². The second-order valence-electron chi connectivity index (χ2n) is 7.43. The van der Waals surface area contributed by atoms with Crippen molar-refractivity contribution < 1.29 is 23.8 Å². The van der Waals surface area contributed by atoms with E-state index >= 15 is 0 Å². The zero-order chi connectivity index (χ0) is 21.4. The van der Waals surface area contributed by atoms with Gasteiger partial charge in [0.2, 0.25) is 0 Å². The second kappa shape index (κ2) is 8.07. The van der Waals surface area contributed by atoms with Gasteiger partial charge in [0.1, 0.15) is 22.9 Å². The molecule has 0 radical (unpaired) electrons. The fraction of sp³-hybridized carbons (Fsp3) is 0.318. The van der Waals surface area contributed by atoms with E-state index in [0.29, 0.717) is 41.4 Å². The first-order valence-corrected chi connectivity index (χ1v) is 10.9. The van der Waals surface area contributed by atoms with Crippen LogP contribution in [0.5, 0.6) is 11.5 Å². The van der Waals surface area contributed by atoms with E-state index in [2.05, 4.69) is 4.98 Å². The number of esters is 1. The number of hydrogen-bond donors (Lipinski definition) is 1. The van der Waals surface area contributed by atoms with E-state index in [1.165, 1.54) is 11.3 Å². The molecule has 31 heavy (non-hydrogen) atoms. The lowest BCUT2D eigenvalue weighted by Crippen LogP contribution is -2.34. The number of nitrogens with zero attached hydrogens (tertiary/aromatic N) is 2. The van der Waals surface area contributed by atoms with Crippen LogP contribution >= 0.6 is 11.3 Å². The number of pyridine rings is 1. The number of fused-ring (bicyclic) bond motifs is 2. The van der Waals surface area contributed by atoms with Crippen molar-refractivity contribution in [1.29, 1.82) is 0 Å². The molecule has 9 heteroatoms. The molecule has 2 aliphatic rings.